The number of halogens is 1. The fraction of sp³-hybridized carbons (Fsp3) is 0.267. The Hall–Kier alpha value is -2.54. The quantitative estimate of drug-likeness (QED) is 0.722. The van der Waals surface area contributed by atoms with Crippen LogP contribution in [-0.4, -0.2) is 46.1 Å². The molecule has 3 heterocycles. The van der Waals surface area contributed by atoms with E-state index in [9.17, 15) is 4.39 Å². The monoisotopic (exact) mass is 299 g/mol. The first-order valence-electron chi connectivity index (χ1n) is 7.11. The summed E-state index contributed by atoms with van der Waals surface area (Å²) in [5.41, 5.74) is 0.978. The van der Waals surface area contributed by atoms with Gasteiger partial charge in [-0.1, -0.05) is 12.1 Å². The predicted octanol–water partition coefficient (Wildman–Crippen LogP) is 1.79. The van der Waals surface area contributed by atoms with E-state index in [-0.39, 0.29) is 5.82 Å². The smallest absolute Gasteiger partial charge is 0.168 e. The van der Waals surface area contributed by atoms with E-state index in [4.69, 9.17) is 4.74 Å². The minimum Gasteiger partial charge on any atom is -0.378 e. The summed E-state index contributed by atoms with van der Waals surface area (Å²) in [6, 6.07) is 6.51. The number of para-hydroxylation sites is 1. The molecule has 0 spiro atoms. The molecule has 0 bridgehead atoms. The van der Waals surface area contributed by atoms with Gasteiger partial charge < -0.3 is 9.64 Å². The van der Waals surface area contributed by atoms with E-state index in [2.05, 4.69) is 20.0 Å². The fourth-order valence-electron chi connectivity index (χ4n) is 2.66. The van der Waals surface area contributed by atoms with Gasteiger partial charge in [-0.25, -0.2) is 19.0 Å². The molecule has 1 aliphatic heterocycles. The molecule has 0 atom stereocenters. The Kier molecular flexibility index (Phi) is 3.19. The van der Waals surface area contributed by atoms with Gasteiger partial charge in [0.25, 0.3) is 0 Å². The van der Waals surface area contributed by atoms with Crippen LogP contribution in [0.4, 0.5) is 10.2 Å². The number of hydrogen-bond donors (Lipinski definition) is 0. The van der Waals surface area contributed by atoms with E-state index in [1.807, 2.05) is 0 Å². The molecule has 22 heavy (non-hydrogen) atoms. The molecule has 1 aromatic carbocycles. The van der Waals surface area contributed by atoms with Gasteiger partial charge in [0.15, 0.2) is 5.65 Å². The average Bonchev–Trinajstić information content (AvgIpc) is 3.00. The lowest BCUT2D eigenvalue weighted by atomic mass is 10.3. The summed E-state index contributed by atoms with van der Waals surface area (Å²) in [7, 11) is 0. The van der Waals surface area contributed by atoms with Crippen LogP contribution in [0.2, 0.25) is 0 Å². The van der Waals surface area contributed by atoms with Gasteiger partial charge in [0.2, 0.25) is 0 Å². The molecule has 7 heteroatoms. The number of hydrogen-bond acceptors (Lipinski definition) is 5. The van der Waals surface area contributed by atoms with Gasteiger partial charge in [-0.15, -0.1) is 0 Å². The third-order valence-corrected chi connectivity index (χ3v) is 3.74. The lowest BCUT2D eigenvalue weighted by Gasteiger charge is -2.27. The van der Waals surface area contributed by atoms with E-state index in [1.54, 1.807) is 24.4 Å². The van der Waals surface area contributed by atoms with E-state index in [1.165, 1.54) is 17.1 Å². The number of fused-ring (bicyclic) bond motifs is 1. The van der Waals surface area contributed by atoms with Crippen molar-refractivity contribution in [2.75, 3.05) is 31.2 Å². The van der Waals surface area contributed by atoms with Crippen molar-refractivity contribution in [1.82, 2.24) is 19.7 Å². The summed E-state index contributed by atoms with van der Waals surface area (Å²) in [5.74, 6) is 0.481. The van der Waals surface area contributed by atoms with Gasteiger partial charge in [0, 0.05) is 13.1 Å². The SMILES string of the molecule is Fc1ccccc1-n1ncc2c(N3CCOCC3)ncnc21. The Labute approximate surface area is 126 Å². The average molecular weight is 299 g/mol. The summed E-state index contributed by atoms with van der Waals surface area (Å²) in [6.45, 7) is 2.90. The van der Waals surface area contributed by atoms with Crippen molar-refractivity contribution in [2.24, 2.45) is 0 Å². The van der Waals surface area contributed by atoms with E-state index < -0.39 is 0 Å². The Balaban J connectivity index is 1.85. The molecule has 1 aliphatic rings. The fourth-order valence-corrected chi connectivity index (χ4v) is 2.66. The van der Waals surface area contributed by atoms with Crippen LogP contribution >= 0.6 is 0 Å². The second-order valence-electron chi connectivity index (χ2n) is 5.04. The Morgan fingerprint density at radius 2 is 1.91 bits per heavy atom. The lowest BCUT2D eigenvalue weighted by molar-refractivity contribution is 0.122. The van der Waals surface area contributed by atoms with Crippen molar-refractivity contribution < 1.29 is 9.13 Å². The number of rotatable bonds is 2. The molecular formula is C15H14FN5O. The molecule has 2 aromatic heterocycles. The molecule has 6 nitrogen and oxygen atoms in total. The molecular weight excluding hydrogens is 285 g/mol. The second-order valence-corrected chi connectivity index (χ2v) is 5.04. The Morgan fingerprint density at radius 1 is 1.09 bits per heavy atom. The van der Waals surface area contributed by atoms with Crippen molar-refractivity contribution in [3.63, 3.8) is 0 Å². The molecule has 1 fully saturated rings. The molecule has 0 radical (unpaired) electrons. The zero-order valence-electron chi connectivity index (χ0n) is 11.8. The molecule has 0 unspecified atom stereocenters. The van der Waals surface area contributed by atoms with Crippen LogP contribution in [0, 0.1) is 5.82 Å². The number of benzene rings is 1. The van der Waals surface area contributed by atoms with Crippen LogP contribution < -0.4 is 4.90 Å². The number of ether oxygens (including phenoxy) is 1. The van der Waals surface area contributed by atoms with Crippen molar-refractivity contribution in [1.29, 1.82) is 0 Å². The van der Waals surface area contributed by atoms with Crippen LogP contribution in [0.25, 0.3) is 16.7 Å². The summed E-state index contributed by atoms with van der Waals surface area (Å²) < 4.78 is 20.9. The van der Waals surface area contributed by atoms with Crippen LogP contribution in [-0.2, 0) is 4.74 Å². The third-order valence-electron chi connectivity index (χ3n) is 3.74. The predicted molar refractivity (Wildman–Crippen MR) is 79.7 cm³/mol. The van der Waals surface area contributed by atoms with Crippen LogP contribution in [0.5, 0.6) is 0 Å². The van der Waals surface area contributed by atoms with Crippen molar-refractivity contribution >= 4 is 16.9 Å². The van der Waals surface area contributed by atoms with Gasteiger partial charge >= 0.3 is 0 Å². The molecule has 0 saturated carbocycles. The van der Waals surface area contributed by atoms with Crippen molar-refractivity contribution in [3.8, 4) is 5.69 Å². The Morgan fingerprint density at radius 3 is 2.73 bits per heavy atom. The standard InChI is InChI=1S/C15H14FN5O/c16-12-3-1-2-4-13(12)21-15-11(9-19-21)14(17-10-18-15)20-5-7-22-8-6-20/h1-4,9-10H,5-8H2. The third kappa shape index (κ3) is 2.10. The first-order valence-corrected chi connectivity index (χ1v) is 7.11. The molecule has 4 rings (SSSR count). The zero-order valence-corrected chi connectivity index (χ0v) is 11.8. The number of aromatic nitrogens is 4. The molecule has 112 valence electrons. The summed E-state index contributed by atoms with van der Waals surface area (Å²) >= 11 is 0. The molecule has 0 N–H and O–H groups in total. The first-order chi connectivity index (χ1) is 10.8. The maximum atomic E-state index is 14.0. The maximum Gasteiger partial charge on any atom is 0.168 e. The highest BCUT2D eigenvalue weighted by Gasteiger charge is 2.19. The Bertz CT molecular complexity index is 813. The number of morpholine rings is 1. The van der Waals surface area contributed by atoms with Gasteiger partial charge in [0.05, 0.1) is 24.8 Å². The number of anilines is 1. The summed E-state index contributed by atoms with van der Waals surface area (Å²) in [6.07, 6.45) is 3.18. The normalized spacial score (nSPS) is 15.4. The van der Waals surface area contributed by atoms with Crippen LogP contribution in [0.1, 0.15) is 0 Å². The van der Waals surface area contributed by atoms with Gasteiger partial charge in [-0.05, 0) is 12.1 Å². The maximum absolute atomic E-state index is 14.0. The number of nitrogens with zero attached hydrogens (tertiary/aromatic N) is 5. The van der Waals surface area contributed by atoms with Crippen molar-refractivity contribution in [2.45, 2.75) is 0 Å². The van der Waals surface area contributed by atoms with E-state index >= 15 is 0 Å². The van der Waals surface area contributed by atoms with Gasteiger partial charge in [0.1, 0.15) is 23.6 Å². The summed E-state index contributed by atoms with van der Waals surface area (Å²) in [4.78, 5) is 10.8. The van der Waals surface area contributed by atoms with Crippen molar-refractivity contribution in [3.05, 3.63) is 42.6 Å². The van der Waals surface area contributed by atoms with E-state index in [0.717, 1.165) is 24.3 Å². The topological polar surface area (TPSA) is 56.1 Å². The lowest BCUT2D eigenvalue weighted by Crippen LogP contribution is -2.36. The molecule has 0 amide bonds. The van der Waals surface area contributed by atoms with E-state index in [0.29, 0.717) is 24.5 Å². The highest BCUT2D eigenvalue weighted by molar-refractivity contribution is 5.87. The minimum absolute atomic E-state index is 0.334. The van der Waals surface area contributed by atoms with Gasteiger partial charge in [-0.2, -0.15) is 5.10 Å². The molecule has 1 saturated heterocycles. The summed E-state index contributed by atoms with van der Waals surface area (Å²) in [5, 5.41) is 5.11. The van der Waals surface area contributed by atoms with Crippen LogP contribution in [0.15, 0.2) is 36.8 Å². The largest absolute Gasteiger partial charge is 0.378 e. The van der Waals surface area contributed by atoms with Crippen LogP contribution in [0.3, 0.4) is 0 Å². The highest BCUT2D eigenvalue weighted by Crippen LogP contribution is 2.25. The van der Waals surface area contributed by atoms with Gasteiger partial charge in [-0.3, -0.25) is 0 Å². The second kappa shape index (κ2) is 5.34. The molecule has 3 aromatic rings. The first kappa shape index (κ1) is 13.1. The molecule has 0 aliphatic carbocycles. The highest BCUT2D eigenvalue weighted by atomic mass is 19.1. The zero-order chi connectivity index (χ0) is 14.9. The minimum atomic E-state index is -0.334.